The number of fused-ring (bicyclic) bond motifs is 1. The molecule has 0 spiro atoms. The molecule has 2 nitrogen and oxygen atoms in total. The van der Waals surface area contributed by atoms with Crippen LogP contribution in [0.3, 0.4) is 0 Å². The highest BCUT2D eigenvalue weighted by Gasteiger charge is 2.31. The van der Waals surface area contributed by atoms with E-state index in [-0.39, 0.29) is 11.4 Å². The fraction of sp³-hybridized carbons (Fsp3) is 0.348. The Hall–Kier alpha value is -1.94. The molecule has 0 fully saturated rings. The molecule has 0 atom stereocenters. The van der Waals surface area contributed by atoms with Gasteiger partial charge in [0.1, 0.15) is 5.82 Å². The molecule has 2 aromatic carbocycles. The first-order chi connectivity index (χ1) is 12.7. The first kappa shape index (κ1) is 19.8. The van der Waals surface area contributed by atoms with Gasteiger partial charge < -0.3 is 4.90 Å². The maximum Gasteiger partial charge on any atom is 0.134 e. The van der Waals surface area contributed by atoms with Crippen LogP contribution in [0.4, 0.5) is 15.8 Å². The number of aliphatic imine (C=N–C) groups is 1. The number of rotatable bonds is 4. The highest BCUT2D eigenvalue weighted by molar-refractivity contribution is 9.10. The summed E-state index contributed by atoms with van der Waals surface area (Å²) < 4.78 is 15.9. The zero-order valence-corrected chi connectivity index (χ0v) is 18.2. The average molecular weight is 429 g/mol. The molecule has 0 bridgehead atoms. The molecule has 0 amide bonds. The van der Waals surface area contributed by atoms with Crippen LogP contribution in [0.1, 0.15) is 50.8 Å². The van der Waals surface area contributed by atoms with Crippen molar-refractivity contribution in [3.63, 3.8) is 0 Å². The Balaban J connectivity index is 2.02. The van der Waals surface area contributed by atoms with E-state index in [1.54, 1.807) is 12.3 Å². The molecule has 142 valence electrons. The van der Waals surface area contributed by atoms with E-state index in [2.05, 4.69) is 59.6 Å². The summed E-state index contributed by atoms with van der Waals surface area (Å²) in [6, 6.07) is 9.44. The summed E-state index contributed by atoms with van der Waals surface area (Å²) >= 11 is 3.49. The fourth-order valence-corrected chi connectivity index (χ4v) is 3.95. The number of hydrogen-bond acceptors (Lipinski definition) is 2. The van der Waals surface area contributed by atoms with Gasteiger partial charge >= 0.3 is 0 Å². The largest absolute Gasteiger partial charge is 0.362 e. The number of hydrogen-bond donors (Lipinski definition) is 0. The zero-order chi connectivity index (χ0) is 19.8. The molecule has 0 saturated heterocycles. The lowest BCUT2D eigenvalue weighted by molar-refractivity contribution is 0.546. The topological polar surface area (TPSA) is 15.6 Å². The first-order valence-electron chi connectivity index (χ1n) is 9.34. The second-order valence-corrected chi connectivity index (χ2v) is 8.57. The van der Waals surface area contributed by atoms with Crippen LogP contribution in [0.15, 0.2) is 45.9 Å². The smallest absolute Gasteiger partial charge is 0.134 e. The van der Waals surface area contributed by atoms with Gasteiger partial charge in [0.15, 0.2) is 0 Å². The summed E-state index contributed by atoms with van der Waals surface area (Å²) in [5.41, 5.74) is 5.54. The van der Waals surface area contributed by atoms with Crippen LogP contribution in [0.5, 0.6) is 0 Å². The van der Waals surface area contributed by atoms with E-state index in [4.69, 9.17) is 0 Å². The third kappa shape index (κ3) is 4.01. The Kier molecular flexibility index (Phi) is 5.57. The molecule has 2 aromatic rings. The van der Waals surface area contributed by atoms with Crippen LogP contribution >= 0.6 is 15.9 Å². The zero-order valence-electron chi connectivity index (χ0n) is 16.6. The van der Waals surface area contributed by atoms with Gasteiger partial charge in [0, 0.05) is 34.0 Å². The molecular weight excluding hydrogens is 403 g/mol. The van der Waals surface area contributed by atoms with E-state index in [0.29, 0.717) is 5.56 Å². The number of allylic oxidation sites excluding steroid dienone is 1. The molecule has 1 aliphatic rings. The van der Waals surface area contributed by atoms with Gasteiger partial charge in [-0.05, 0) is 75.6 Å². The Bertz CT molecular complexity index is 928. The molecule has 3 rings (SSSR count). The number of halogens is 2. The van der Waals surface area contributed by atoms with E-state index in [1.807, 2.05) is 31.2 Å². The van der Waals surface area contributed by atoms with Crippen molar-refractivity contribution < 1.29 is 4.39 Å². The molecule has 0 aromatic heterocycles. The van der Waals surface area contributed by atoms with Crippen molar-refractivity contribution >= 4 is 39.1 Å². The second kappa shape index (κ2) is 7.59. The van der Waals surface area contributed by atoms with E-state index in [0.717, 1.165) is 39.9 Å². The number of nitrogens with zero attached hydrogens (tertiary/aromatic N) is 2. The monoisotopic (exact) mass is 428 g/mol. The van der Waals surface area contributed by atoms with Gasteiger partial charge in [-0.2, -0.15) is 0 Å². The summed E-state index contributed by atoms with van der Waals surface area (Å²) in [7, 11) is 0. The third-order valence-corrected chi connectivity index (χ3v) is 5.93. The van der Waals surface area contributed by atoms with Gasteiger partial charge in [0.05, 0.1) is 11.2 Å². The van der Waals surface area contributed by atoms with Crippen molar-refractivity contribution in [2.45, 2.75) is 46.6 Å². The predicted molar refractivity (Wildman–Crippen MR) is 118 cm³/mol. The number of benzene rings is 2. The normalized spacial score (nSPS) is 15.8. The first-order valence-corrected chi connectivity index (χ1v) is 10.1. The predicted octanol–water partition coefficient (Wildman–Crippen LogP) is 7.06. The Morgan fingerprint density at radius 3 is 2.59 bits per heavy atom. The Labute approximate surface area is 169 Å². The third-order valence-electron chi connectivity index (χ3n) is 5.04. The van der Waals surface area contributed by atoms with Gasteiger partial charge in [0.2, 0.25) is 0 Å². The lowest BCUT2D eigenvalue weighted by Gasteiger charge is -2.43. The van der Waals surface area contributed by atoms with Crippen molar-refractivity contribution in [1.82, 2.24) is 0 Å². The fourth-order valence-electron chi connectivity index (χ4n) is 3.70. The highest BCUT2D eigenvalue weighted by Crippen LogP contribution is 2.40. The van der Waals surface area contributed by atoms with E-state index in [1.165, 1.54) is 5.57 Å². The van der Waals surface area contributed by atoms with E-state index < -0.39 is 0 Å². The molecule has 0 radical (unpaired) electrons. The molecule has 1 aliphatic heterocycles. The van der Waals surface area contributed by atoms with Crippen molar-refractivity contribution in [2.24, 2.45) is 4.99 Å². The molecule has 0 N–H and O–H groups in total. The maximum absolute atomic E-state index is 14.9. The lowest BCUT2D eigenvalue weighted by atomic mass is 9.87. The minimum absolute atomic E-state index is 0.121. The van der Waals surface area contributed by atoms with Gasteiger partial charge in [0.25, 0.3) is 0 Å². The molecule has 0 aliphatic carbocycles. The van der Waals surface area contributed by atoms with Gasteiger partial charge in [-0.3, -0.25) is 4.99 Å². The van der Waals surface area contributed by atoms with Crippen LogP contribution in [-0.2, 0) is 0 Å². The lowest BCUT2D eigenvalue weighted by Crippen LogP contribution is -2.45. The van der Waals surface area contributed by atoms with Gasteiger partial charge in [-0.25, -0.2) is 4.39 Å². The van der Waals surface area contributed by atoms with E-state index >= 15 is 0 Å². The van der Waals surface area contributed by atoms with Crippen LogP contribution in [0.2, 0.25) is 0 Å². The van der Waals surface area contributed by atoms with Crippen LogP contribution < -0.4 is 4.90 Å². The van der Waals surface area contributed by atoms with Crippen LogP contribution in [-0.4, -0.2) is 18.3 Å². The SMILES string of the molecule is CCCN1c2cc(F)c(C=Nc3ccc(Br)c(C)c3)cc2C(C)=CC1(C)C. The van der Waals surface area contributed by atoms with Crippen LogP contribution in [0.25, 0.3) is 5.57 Å². The number of anilines is 1. The molecule has 0 saturated carbocycles. The molecule has 0 unspecified atom stereocenters. The molecular formula is C23H26BrFN2. The minimum atomic E-state index is -0.238. The summed E-state index contributed by atoms with van der Waals surface area (Å²) in [6.45, 7) is 11.5. The van der Waals surface area contributed by atoms with Gasteiger partial charge in [-0.1, -0.05) is 28.9 Å². The summed E-state index contributed by atoms with van der Waals surface area (Å²) in [4.78, 5) is 6.77. The number of aryl methyl sites for hydroxylation is 1. The average Bonchev–Trinajstić information content (AvgIpc) is 2.59. The van der Waals surface area contributed by atoms with Crippen LogP contribution in [0, 0.1) is 12.7 Å². The maximum atomic E-state index is 14.9. The van der Waals surface area contributed by atoms with Crippen molar-refractivity contribution in [3.8, 4) is 0 Å². The van der Waals surface area contributed by atoms with Crippen molar-refractivity contribution in [2.75, 3.05) is 11.4 Å². The Morgan fingerprint density at radius 2 is 1.93 bits per heavy atom. The Morgan fingerprint density at radius 1 is 1.19 bits per heavy atom. The summed E-state index contributed by atoms with van der Waals surface area (Å²) in [5.74, 6) is -0.238. The molecule has 1 heterocycles. The quantitative estimate of drug-likeness (QED) is 0.475. The van der Waals surface area contributed by atoms with Crippen molar-refractivity contribution in [1.29, 1.82) is 0 Å². The summed E-state index contributed by atoms with van der Waals surface area (Å²) in [5, 5.41) is 0. The molecule has 27 heavy (non-hydrogen) atoms. The highest BCUT2D eigenvalue weighted by atomic mass is 79.9. The van der Waals surface area contributed by atoms with Gasteiger partial charge in [-0.15, -0.1) is 0 Å². The second-order valence-electron chi connectivity index (χ2n) is 7.72. The van der Waals surface area contributed by atoms with E-state index in [9.17, 15) is 4.39 Å². The molecule has 4 heteroatoms. The standard InChI is InChI=1S/C23H26BrFN2/c1-6-9-27-22-12-21(25)17(11-19(22)16(3)13-23(27,4)5)14-26-18-7-8-20(24)15(2)10-18/h7-8,10-14H,6,9H2,1-5H3. The van der Waals surface area contributed by atoms with Crippen molar-refractivity contribution in [3.05, 3.63) is 63.4 Å². The minimum Gasteiger partial charge on any atom is -0.362 e. The summed E-state index contributed by atoms with van der Waals surface area (Å²) in [6.07, 6.45) is 4.90.